The van der Waals surface area contributed by atoms with Gasteiger partial charge in [-0.2, -0.15) is 0 Å². The minimum Gasteiger partial charge on any atom is -0.469 e. The van der Waals surface area contributed by atoms with Gasteiger partial charge in [0.25, 0.3) is 0 Å². The first-order valence-electron chi connectivity index (χ1n) is 11.4. The molecule has 1 aliphatic heterocycles. The van der Waals surface area contributed by atoms with Gasteiger partial charge in [-0.3, -0.25) is 4.79 Å². The SMILES string of the molecule is COC(=O)CCC1(C)Nc2cccc(CCNS(=O)(=O)c3ccc(F)cc3)c2C1Cn1ccnc1. The molecule has 0 saturated carbocycles. The summed E-state index contributed by atoms with van der Waals surface area (Å²) in [6.45, 7) is 2.93. The largest absolute Gasteiger partial charge is 0.469 e. The van der Waals surface area contributed by atoms with E-state index in [1.807, 2.05) is 29.0 Å². The van der Waals surface area contributed by atoms with E-state index in [0.717, 1.165) is 28.9 Å². The van der Waals surface area contributed by atoms with Gasteiger partial charge in [0.1, 0.15) is 5.82 Å². The van der Waals surface area contributed by atoms with Crippen LogP contribution in [0.2, 0.25) is 0 Å². The van der Waals surface area contributed by atoms with Crippen molar-refractivity contribution in [2.24, 2.45) is 0 Å². The lowest BCUT2D eigenvalue weighted by atomic mass is 9.79. The monoisotopic (exact) mass is 500 g/mol. The maximum absolute atomic E-state index is 13.2. The number of ether oxygens (including phenoxy) is 1. The number of anilines is 1. The molecule has 0 aliphatic carbocycles. The van der Waals surface area contributed by atoms with E-state index in [1.165, 1.54) is 19.2 Å². The van der Waals surface area contributed by atoms with Gasteiger partial charge in [-0.15, -0.1) is 0 Å². The molecule has 0 amide bonds. The van der Waals surface area contributed by atoms with Crippen molar-refractivity contribution in [2.75, 3.05) is 19.0 Å². The lowest BCUT2D eigenvalue weighted by Crippen LogP contribution is -2.38. The first-order valence-corrected chi connectivity index (χ1v) is 12.9. The van der Waals surface area contributed by atoms with Crippen LogP contribution in [0.4, 0.5) is 10.1 Å². The molecule has 8 nitrogen and oxygen atoms in total. The lowest BCUT2D eigenvalue weighted by molar-refractivity contribution is -0.141. The normalized spacial score (nSPS) is 19.2. The smallest absolute Gasteiger partial charge is 0.305 e. The molecule has 2 N–H and O–H groups in total. The van der Waals surface area contributed by atoms with Crippen molar-refractivity contribution in [3.63, 3.8) is 0 Å². The summed E-state index contributed by atoms with van der Waals surface area (Å²) in [4.78, 5) is 16.1. The molecule has 0 radical (unpaired) electrons. The molecule has 0 spiro atoms. The van der Waals surface area contributed by atoms with E-state index in [4.69, 9.17) is 4.74 Å². The van der Waals surface area contributed by atoms with Crippen molar-refractivity contribution in [1.82, 2.24) is 14.3 Å². The Bertz CT molecular complexity index is 1280. The van der Waals surface area contributed by atoms with E-state index in [1.54, 1.807) is 12.5 Å². The zero-order valence-electron chi connectivity index (χ0n) is 19.7. The first kappa shape index (κ1) is 24.9. The standard InChI is InChI=1S/C25H29FN4O4S/c1-25(12-10-23(31)34-2)21(16-30-15-14-27-17-30)24-18(4-3-5-22(24)29-25)11-13-28-35(32,33)20-8-6-19(26)7-9-20/h3-9,14-15,17,21,28-29H,10-13,16H2,1-2H3. The number of hydrogen-bond acceptors (Lipinski definition) is 6. The van der Waals surface area contributed by atoms with Crippen LogP contribution in [0.1, 0.15) is 36.8 Å². The third-order valence-electron chi connectivity index (χ3n) is 6.57. The topological polar surface area (TPSA) is 102 Å². The molecule has 2 atom stereocenters. The number of halogens is 1. The average Bonchev–Trinajstić information content (AvgIpc) is 3.44. The molecule has 186 valence electrons. The predicted molar refractivity (Wildman–Crippen MR) is 130 cm³/mol. The third-order valence-corrected chi connectivity index (χ3v) is 8.05. The van der Waals surface area contributed by atoms with E-state index < -0.39 is 21.4 Å². The molecule has 3 aromatic rings. The predicted octanol–water partition coefficient (Wildman–Crippen LogP) is 3.46. The second-order valence-electron chi connectivity index (χ2n) is 8.91. The zero-order chi connectivity index (χ0) is 25.1. The van der Waals surface area contributed by atoms with Crippen molar-refractivity contribution in [3.8, 4) is 0 Å². The van der Waals surface area contributed by atoms with Crippen LogP contribution in [0, 0.1) is 5.82 Å². The van der Waals surface area contributed by atoms with Gasteiger partial charge in [0.2, 0.25) is 10.0 Å². The number of benzene rings is 2. The molecule has 10 heteroatoms. The van der Waals surface area contributed by atoms with E-state index in [9.17, 15) is 17.6 Å². The van der Waals surface area contributed by atoms with Crippen molar-refractivity contribution < 1.29 is 22.3 Å². The van der Waals surface area contributed by atoms with Crippen LogP contribution in [0.15, 0.2) is 66.1 Å². The molecule has 1 aromatic heterocycles. The van der Waals surface area contributed by atoms with Gasteiger partial charge in [0.15, 0.2) is 0 Å². The number of carbonyl (C=O) groups is 1. The number of hydrogen-bond donors (Lipinski definition) is 2. The molecule has 0 fully saturated rings. The van der Waals surface area contributed by atoms with Gasteiger partial charge in [0, 0.05) is 49.0 Å². The second kappa shape index (κ2) is 10.2. The van der Waals surface area contributed by atoms with Crippen LogP contribution in [-0.2, 0) is 32.5 Å². The maximum Gasteiger partial charge on any atom is 0.305 e. The Labute approximate surface area is 204 Å². The number of nitrogens with zero attached hydrogens (tertiary/aromatic N) is 2. The Morgan fingerprint density at radius 1 is 1.26 bits per heavy atom. The summed E-state index contributed by atoms with van der Waals surface area (Å²) in [5, 5.41) is 3.62. The van der Waals surface area contributed by atoms with Crippen LogP contribution >= 0.6 is 0 Å². The maximum atomic E-state index is 13.2. The summed E-state index contributed by atoms with van der Waals surface area (Å²) in [6.07, 6.45) is 6.71. The van der Waals surface area contributed by atoms with E-state index >= 15 is 0 Å². The molecule has 1 aliphatic rings. The van der Waals surface area contributed by atoms with Gasteiger partial charge in [0.05, 0.1) is 18.3 Å². The number of aromatic nitrogens is 2. The number of methoxy groups -OCH3 is 1. The number of fused-ring (bicyclic) bond motifs is 1. The fourth-order valence-electron chi connectivity index (χ4n) is 4.68. The molecule has 35 heavy (non-hydrogen) atoms. The molecular weight excluding hydrogens is 471 g/mol. The van der Waals surface area contributed by atoms with E-state index in [0.29, 0.717) is 19.4 Å². The Morgan fingerprint density at radius 2 is 2.03 bits per heavy atom. The quantitative estimate of drug-likeness (QED) is 0.414. The van der Waals surface area contributed by atoms with Crippen LogP contribution in [0.25, 0.3) is 0 Å². The average molecular weight is 501 g/mol. The summed E-state index contributed by atoms with van der Waals surface area (Å²) in [5.41, 5.74) is 2.68. The van der Waals surface area contributed by atoms with Gasteiger partial charge in [-0.25, -0.2) is 22.5 Å². The van der Waals surface area contributed by atoms with Crippen molar-refractivity contribution in [1.29, 1.82) is 0 Å². The highest BCUT2D eigenvalue weighted by atomic mass is 32.2. The van der Waals surface area contributed by atoms with Gasteiger partial charge < -0.3 is 14.6 Å². The Kier molecular flexibility index (Phi) is 7.23. The van der Waals surface area contributed by atoms with E-state index in [-0.39, 0.29) is 29.7 Å². The third kappa shape index (κ3) is 5.54. The molecule has 4 rings (SSSR count). The van der Waals surface area contributed by atoms with E-state index in [2.05, 4.69) is 21.9 Å². The van der Waals surface area contributed by atoms with Crippen molar-refractivity contribution in [2.45, 2.75) is 49.1 Å². The number of sulfonamides is 1. The van der Waals surface area contributed by atoms with Crippen LogP contribution in [-0.4, -0.2) is 43.1 Å². The summed E-state index contributed by atoms with van der Waals surface area (Å²) in [6, 6.07) is 10.7. The Morgan fingerprint density at radius 3 is 2.71 bits per heavy atom. The fraction of sp³-hybridized carbons (Fsp3) is 0.360. The molecule has 2 aromatic carbocycles. The Balaban J connectivity index is 1.56. The summed E-state index contributed by atoms with van der Waals surface area (Å²) in [5.74, 6) is -0.738. The summed E-state index contributed by atoms with van der Waals surface area (Å²) in [7, 11) is -2.37. The molecule has 0 saturated heterocycles. The number of imidazole rings is 1. The van der Waals surface area contributed by atoms with Gasteiger partial charge >= 0.3 is 5.97 Å². The number of rotatable bonds is 10. The van der Waals surface area contributed by atoms with Crippen LogP contribution in [0.5, 0.6) is 0 Å². The molecule has 2 unspecified atom stereocenters. The molecule has 0 bridgehead atoms. The van der Waals surface area contributed by atoms with Gasteiger partial charge in [-0.05, 0) is 61.2 Å². The highest BCUT2D eigenvalue weighted by molar-refractivity contribution is 7.89. The van der Waals surface area contributed by atoms with Crippen LogP contribution < -0.4 is 10.0 Å². The number of nitrogens with one attached hydrogen (secondary N) is 2. The minimum atomic E-state index is -3.76. The first-order chi connectivity index (χ1) is 16.7. The Hall–Kier alpha value is -3.24. The van der Waals surface area contributed by atoms with Crippen LogP contribution in [0.3, 0.4) is 0 Å². The summed E-state index contributed by atoms with van der Waals surface area (Å²) >= 11 is 0. The van der Waals surface area contributed by atoms with Gasteiger partial charge in [-0.1, -0.05) is 12.1 Å². The number of carbonyl (C=O) groups excluding carboxylic acids is 1. The van der Waals surface area contributed by atoms with Crippen molar-refractivity contribution >= 4 is 21.7 Å². The number of esters is 1. The lowest BCUT2D eigenvalue weighted by Gasteiger charge is -2.33. The fourth-order valence-corrected chi connectivity index (χ4v) is 5.71. The highest BCUT2D eigenvalue weighted by Gasteiger charge is 2.43. The van der Waals surface area contributed by atoms with Crippen molar-refractivity contribution in [3.05, 3.63) is 78.1 Å². The second-order valence-corrected chi connectivity index (χ2v) is 10.7. The highest BCUT2D eigenvalue weighted by Crippen LogP contribution is 2.47. The summed E-state index contributed by atoms with van der Waals surface area (Å²) < 4.78 is 47.9. The molecule has 2 heterocycles. The minimum absolute atomic E-state index is 0.0151. The molecular formula is C25H29FN4O4S. The zero-order valence-corrected chi connectivity index (χ0v) is 20.5.